The Hall–Kier alpha value is -0.880. The lowest BCUT2D eigenvalue weighted by atomic mass is 9.93. The Labute approximate surface area is 180 Å². The number of halogens is 1. The van der Waals surface area contributed by atoms with Crippen molar-refractivity contribution in [2.45, 2.75) is 32.7 Å². The zero-order valence-electron chi connectivity index (χ0n) is 16.7. The predicted molar refractivity (Wildman–Crippen MR) is 120 cm³/mol. The van der Waals surface area contributed by atoms with Crippen molar-refractivity contribution in [1.82, 2.24) is 24.1 Å². The van der Waals surface area contributed by atoms with Crippen molar-refractivity contribution in [2.75, 3.05) is 46.0 Å². The summed E-state index contributed by atoms with van der Waals surface area (Å²) in [4.78, 5) is 10.9. The molecule has 0 spiro atoms. The summed E-state index contributed by atoms with van der Waals surface area (Å²) in [5, 5.41) is 3.37. The molecule has 1 N–H and O–H groups in total. The van der Waals surface area contributed by atoms with E-state index in [1.54, 1.807) is 21.0 Å². The molecule has 156 valence electrons. The molecule has 1 fully saturated rings. The van der Waals surface area contributed by atoms with Crippen molar-refractivity contribution in [1.29, 1.82) is 0 Å². The molecule has 0 amide bonds. The minimum atomic E-state index is -3.11. The van der Waals surface area contributed by atoms with Crippen LogP contribution in [0.5, 0.6) is 0 Å². The predicted octanol–water partition coefficient (Wildman–Crippen LogP) is 1.63. The first-order valence-electron chi connectivity index (χ1n) is 9.26. The maximum Gasteiger partial charge on any atom is 0.213 e. The normalized spacial score (nSPS) is 21.2. The first-order valence-corrected chi connectivity index (χ1v) is 10.9. The maximum absolute atomic E-state index is 11.8. The Kier molecular flexibility index (Phi) is 10.0. The van der Waals surface area contributed by atoms with Crippen LogP contribution in [0.15, 0.2) is 23.7 Å². The van der Waals surface area contributed by atoms with Gasteiger partial charge in [-0.2, -0.15) is 0 Å². The summed E-state index contributed by atoms with van der Waals surface area (Å²) in [6.45, 7) is 7.01. The molecule has 2 unspecified atom stereocenters. The maximum atomic E-state index is 11.8. The van der Waals surface area contributed by atoms with E-state index >= 15 is 0 Å². The van der Waals surface area contributed by atoms with Gasteiger partial charge in [0.2, 0.25) is 10.0 Å². The van der Waals surface area contributed by atoms with Crippen molar-refractivity contribution in [2.24, 2.45) is 10.9 Å². The Balaban J connectivity index is 0.00000364. The highest BCUT2D eigenvalue weighted by atomic mass is 127. The van der Waals surface area contributed by atoms with E-state index in [0.717, 1.165) is 31.9 Å². The van der Waals surface area contributed by atoms with Gasteiger partial charge in [-0.05, 0) is 25.7 Å². The zero-order chi connectivity index (χ0) is 19.2. The van der Waals surface area contributed by atoms with Crippen molar-refractivity contribution >= 4 is 40.0 Å². The van der Waals surface area contributed by atoms with Gasteiger partial charge in [0, 0.05) is 52.7 Å². The number of likely N-dealkylation sites (tertiary alicyclic amines) is 1. The number of hydrogen-bond donors (Lipinski definition) is 1. The van der Waals surface area contributed by atoms with E-state index in [2.05, 4.69) is 31.7 Å². The zero-order valence-corrected chi connectivity index (χ0v) is 19.9. The van der Waals surface area contributed by atoms with Gasteiger partial charge in [0.1, 0.15) is 0 Å². The van der Waals surface area contributed by atoms with E-state index in [1.807, 2.05) is 18.7 Å². The smallest absolute Gasteiger partial charge is 0.213 e. The van der Waals surface area contributed by atoms with Gasteiger partial charge >= 0.3 is 0 Å². The number of piperidine rings is 1. The fourth-order valence-corrected chi connectivity index (χ4v) is 4.14. The summed E-state index contributed by atoms with van der Waals surface area (Å²) < 4.78 is 27.2. The number of sulfonamides is 1. The van der Waals surface area contributed by atoms with E-state index in [-0.39, 0.29) is 29.7 Å². The molecule has 8 nitrogen and oxygen atoms in total. The Morgan fingerprint density at radius 3 is 2.78 bits per heavy atom. The molecule has 0 radical (unpaired) electrons. The van der Waals surface area contributed by atoms with Gasteiger partial charge < -0.3 is 14.8 Å². The summed E-state index contributed by atoms with van der Waals surface area (Å²) in [5.74, 6) is 1.61. The average Bonchev–Trinajstić information content (AvgIpc) is 3.16. The molecule has 0 aromatic carbocycles. The lowest BCUT2D eigenvalue weighted by Crippen LogP contribution is -2.49. The van der Waals surface area contributed by atoms with Crippen LogP contribution >= 0.6 is 24.0 Å². The van der Waals surface area contributed by atoms with E-state index in [4.69, 9.17) is 0 Å². The first kappa shape index (κ1) is 24.2. The summed E-state index contributed by atoms with van der Waals surface area (Å²) >= 11 is 0. The van der Waals surface area contributed by atoms with Crippen LogP contribution in [0.4, 0.5) is 0 Å². The highest BCUT2D eigenvalue weighted by Gasteiger charge is 2.28. The molecule has 0 bridgehead atoms. The lowest BCUT2D eigenvalue weighted by Gasteiger charge is -2.39. The number of nitrogens with zero attached hydrogens (tertiary/aromatic N) is 5. The van der Waals surface area contributed by atoms with Gasteiger partial charge in [0.05, 0.1) is 18.1 Å². The van der Waals surface area contributed by atoms with Gasteiger partial charge in [-0.3, -0.25) is 4.99 Å². The second-order valence-electron chi connectivity index (χ2n) is 6.84. The molecule has 2 heterocycles. The summed E-state index contributed by atoms with van der Waals surface area (Å²) in [6.07, 6.45) is 7.56. The SMILES string of the molecule is CCS(=O)(=O)N(C)CCCNC(=NC)N1CCC(C)C(n2ccnc2)C1.I. The van der Waals surface area contributed by atoms with Gasteiger partial charge in [-0.1, -0.05) is 6.92 Å². The molecule has 0 saturated carbocycles. The summed E-state index contributed by atoms with van der Waals surface area (Å²) in [7, 11) is 0.319. The van der Waals surface area contributed by atoms with E-state index in [1.165, 1.54) is 4.31 Å². The molecule has 1 aromatic heterocycles. The van der Waals surface area contributed by atoms with Gasteiger partial charge in [0.15, 0.2) is 5.96 Å². The van der Waals surface area contributed by atoms with Crippen molar-refractivity contribution in [3.63, 3.8) is 0 Å². The molecule has 0 aliphatic carbocycles. The van der Waals surface area contributed by atoms with Crippen LogP contribution in [0.1, 0.15) is 32.7 Å². The van der Waals surface area contributed by atoms with Crippen LogP contribution in [0.3, 0.4) is 0 Å². The highest BCUT2D eigenvalue weighted by molar-refractivity contribution is 14.0. The molecule has 1 aliphatic rings. The fraction of sp³-hybridized carbons (Fsp3) is 0.765. The quantitative estimate of drug-likeness (QED) is 0.260. The third-order valence-corrected chi connectivity index (χ3v) is 6.97. The number of imidazole rings is 1. The van der Waals surface area contributed by atoms with Gasteiger partial charge in [0.25, 0.3) is 0 Å². The van der Waals surface area contributed by atoms with Gasteiger partial charge in [-0.15, -0.1) is 24.0 Å². The third kappa shape index (κ3) is 6.60. The molecule has 10 heteroatoms. The minimum absolute atomic E-state index is 0. The van der Waals surface area contributed by atoms with Crippen molar-refractivity contribution < 1.29 is 8.42 Å². The lowest BCUT2D eigenvalue weighted by molar-refractivity contribution is 0.189. The number of guanidine groups is 1. The fourth-order valence-electron chi connectivity index (χ4n) is 3.29. The highest BCUT2D eigenvalue weighted by Crippen LogP contribution is 2.27. The van der Waals surface area contributed by atoms with Crippen LogP contribution in [0, 0.1) is 5.92 Å². The molecule has 27 heavy (non-hydrogen) atoms. The molecule has 2 atom stereocenters. The van der Waals surface area contributed by atoms with E-state index in [9.17, 15) is 8.42 Å². The second-order valence-corrected chi connectivity index (χ2v) is 9.20. The number of rotatable bonds is 7. The van der Waals surface area contributed by atoms with Crippen molar-refractivity contribution in [3.05, 3.63) is 18.7 Å². The van der Waals surface area contributed by atoms with Crippen LogP contribution in [-0.4, -0.2) is 79.2 Å². The Morgan fingerprint density at radius 1 is 1.44 bits per heavy atom. The topological polar surface area (TPSA) is 82.8 Å². The number of aromatic nitrogens is 2. The largest absolute Gasteiger partial charge is 0.356 e. The molecule has 1 saturated heterocycles. The molecule has 2 rings (SSSR count). The molecule has 1 aromatic rings. The van der Waals surface area contributed by atoms with Crippen molar-refractivity contribution in [3.8, 4) is 0 Å². The summed E-state index contributed by atoms with van der Waals surface area (Å²) in [5.41, 5.74) is 0. The number of nitrogens with one attached hydrogen (secondary N) is 1. The molecular weight excluding hydrogens is 479 g/mol. The standard InChI is InChI=1S/C17H32N6O2S.HI/c1-5-26(24,25)21(4)10-6-8-20-17(18-3)22-11-7-15(2)16(13-22)23-12-9-19-14-23;/h9,12,14-16H,5-8,10-11,13H2,1-4H3,(H,18,20);1H. The molecule has 1 aliphatic heterocycles. The van der Waals surface area contributed by atoms with E-state index < -0.39 is 10.0 Å². The van der Waals surface area contributed by atoms with E-state index in [0.29, 0.717) is 25.0 Å². The Morgan fingerprint density at radius 2 is 2.19 bits per heavy atom. The average molecular weight is 512 g/mol. The third-order valence-electron chi connectivity index (χ3n) is 5.11. The van der Waals surface area contributed by atoms with Crippen LogP contribution in [0.25, 0.3) is 0 Å². The van der Waals surface area contributed by atoms with Crippen LogP contribution in [0.2, 0.25) is 0 Å². The minimum Gasteiger partial charge on any atom is -0.356 e. The van der Waals surface area contributed by atoms with Crippen LogP contribution in [-0.2, 0) is 10.0 Å². The Bertz CT molecular complexity index is 680. The molecular formula is C17H33IN6O2S. The van der Waals surface area contributed by atoms with Gasteiger partial charge in [-0.25, -0.2) is 17.7 Å². The monoisotopic (exact) mass is 512 g/mol. The second kappa shape index (κ2) is 11.2. The first-order chi connectivity index (χ1) is 12.4. The number of hydrogen-bond acceptors (Lipinski definition) is 4. The number of aliphatic imine (C=N–C) groups is 1. The van der Waals surface area contributed by atoms with Crippen LogP contribution < -0.4 is 5.32 Å². The summed E-state index contributed by atoms with van der Waals surface area (Å²) in [6, 6.07) is 0.380.